The van der Waals surface area contributed by atoms with E-state index in [0.29, 0.717) is 0 Å². The molecule has 0 saturated carbocycles. The molecule has 0 radical (unpaired) electrons. The van der Waals surface area contributed by atoms with Gasteiger partial charge in [0.2, 0.25) is 0 Å². The molecule has 0 N–H and O–H groups in total. The van der Waals surface area contributed by atoms with E-state index in [-0.39, 0.29) is 0 Å². The van der Waals surface area contributed by atoms with Gasteiger partial charge in [-0.1, -0.05) is 24.4 Å². The normalized spacial score (nSPS) is 20.0. The predicted molar refractivity (Wildman–Crippen MR) is 88.4 cm³/mol. The second-order valence-corrected chi connectivity index (χ2v) is 6.14. The maximum atomic E-state index is 5.49. The fraction of sp³-hybridized carbons (Fsp3) is 0.857. The lowest BCUT2D eigenvalue weighted by molar-refractivity contribution is 0.0678. The zero-order valence-electron chi connectivity index (χ0n) is 12.0. The third-order valence-electron chi connectivity index (χ3n) is 3.76. The van der Waals surface area contributed by atoms with Crippen LogP contribution < -0.4 is 0 Å². The molecule has 2 aliphatic heterocycles. The number of hydrogen-bond acceptors (Lipinski definition) is 4. The van der Waals surface area contributed by atoms with Gasteiger partial charge in [0.25, 0.3) is 0 Å². The second kappa shape index (κ2) is 8.87. The lowest BCUT2D eigenvalue weighted by atomic mass is 10.1. The van der Waals surface area contributed by atoms with Crippen molar-refractivity contribution in [1.82, 2.24) is 9.80 Å². The molecule has 0 aromatic rings. The topological polar surface area (TPSA) is 24.9 Å². The number of rotatable bonds is 5. The Morgan fingerprint density at radius 2 is 1.05 bits per heavy atom. The highest BCUT2D eigenvalue weighted by atomic mass is 32.1. The van der Waals surface area contributed by atoms with Crippen molar-refractivity contribution in [2.75, 3.05) is 52.6 Å². The first-order valence-corrected chi connectivity index (χ1v) is 8.30. The van der Waals surface area contributed by atoms with E-state index in [1.54, 1.807) is 0 Å². The molecular weight excluding hydrogens is 292 g/mol. The summed E-state index contributed by atoms with van der Waals surface area (Å²) in [4.78, 5) is 6.73. The largest absolute Gasteiger partial charge is 0.378 e. The van der Waals surface area contributed by atoms with Crippen LogP contribution in [-0.2, 0) is 9.47 Å². The van der Waals surface area contributed by atoms with Crippen molar-refractivity contribution in [3.8, 4) is 0 Å². The molecule has 0 spiro atoms. The van der Waals surface area contributed by atoms with Gasteiger partial charge in [0.05, 0.1) is 36.4 Å². The van der Waals surface area contributed by atoms with Crippen LogP contribution in [0, 0.1) is 0 Å². The summed E-state index contributed by atoms with van der Waals surface area (Å²) in [5, 5.41) is 0. The van der Waals surface area contributed by atoms with Gasteiger partial charge in [-0.05, 0) is 25.7 Å². The van der Waals surface area contributed by atoms with E-state index in [2.05, 4.69) is 9.80 Å². The second-order valence-electron chi connectivity index (χ2n) is 5.19. The van der Waals surface area contributed by atoms with Crippen LogP contribution in [0.5, 0.6) is 0 Å². The van der Waals surface area contributed by atoms with Crippen LogP contribution in [0.2, 0.25) is 0 Å². The van der Waals surface area contributed by atoms with Gasteiger partial charge in [-0.2, -0.15) is 0 Å². The minimum absolute atomic E-state index is 0.807. The Bertz CT molecular complexity index is 295. The van der Waals surface area contributed by atoms with E-state index in [4.69, 9.17) is 33.9 Å². The van der Waals surface area contributed by atoms with Crippen molar-refractivity contribution in [3.05, 3.63) is 0 Å². The molecule has 4 nitrogen and oxygen atoms in total. The zero-order chi connectivity index (χ0) is 14.2. The summed E-state index contributed by atoms with van der Waals surface area (Å²) in [6, 6.07) is 0. The molecule has 2 heterocycles. The quantitative estimate of drug-likeness (QED) is 0.567. The molecule has 0 bridgehead atoms. The van der Waals surface area contributed by atoms with Crippen LogP contribution in [0.3, 0.4) is 0 Å². The minimum atomic E-state index is 0.807. The fourth-order valence-corrected chi connectivity index (χ4v) is 3.15. The first-order valence-electron chi connectivity index (χ1n) is 7.48. The maximum Gasteiger partial charge on any atom is 0.0780 e. The Morgan fingerprint density at radius 1 is 0.700 bits per heavy atom. The summed E-state index contributed by atoms with van der Waals surface area (Å²) in [5.74, 6) is 0. The van der Waals surface area contributed by atoms with Crippen molar-refractivity contribution >= 4 is 34.4 Å². The first kappa shape index (κ1) is 16.1. The zero-order valence-corrected chi connectivity index (χ0v) is 13.6. The van der Waals surface area contributed by atoms with Gasteiger partial charge in [-0.25, -0.2) is 0 Å². The Morgan fingerprint density at radius 3 is 1.40 bits per heavy atom. The van der Waals surface area contributed by atoms with Crippen LogP contribution in [0.15, 0.2) is 0 Å². The van der Waals surface area contributed by atoms with Crippen molar-refractivity contribution in [2.45, 2.75) is 25.7 Å². The molecule has 6 heteroatoms. The Hall–Kier alpha value is -0.300. The molecule has 20 heavy (non-hydrogen) atoms. The standard InChI is InChI=1S/C14H24N2O2S2/c19-13(15-5-9-17-10-6-15)3-1-2-4-14(20)16-7-11-18-12-8-16/h1-12H2. The molecule has 2 fully saturated rings. The molecule has 2 saturated heterocycles. The van der Waals surface area contributed by atoms with E-state index >= 15 is 0 Å². The number of ether oxygens (including phenoxy) is 2. The molecular formula is C14H24N2O2S2. The van der Waals surface area contributed by atoms with Gasteiger partial charge in [0.15, 0.2) is 0 Å². The molecule has 0 unspecified atom stereocenters. The number of morpholine rings is 2. The van der Waals surface area contributed by atoms with Gasteiger partial charge in [0.1, 0.15) is 0 Å². The maximum absolute atomic E-state index is 5.49. The third kappa shape index (κ3) is 5.24. The fourth-order valence-electron chi connectivity index (χ4n) is 2.49. The lowest BCUT2D eigenvalue weighted by Crippen LogP contribution is -2.40. The van der Waals surface area contributed by atoms with Crippen LogP contribution in [0.25, 0.3) is 0 Å². The van der Waals surface area contributed by atoms with Crippen molar-refractivity contribution in [2.24, 2.45) is 0 Å². The van der Waals surface area contributed by atoms with Gasteiger partial charge in [-0.15, -0.1) is 0 Å². The molecule has 114 valence electrons. The van der Waals surface area contributed by atoms with E-state index in [1.165, 1.54) is 0 Å². The SMILES string of the molecule is S=C(CCCCC(=S)N1CCOCC1)N1CCOCC1. The smallest absolute Gasteiger partial charge is 0.0780 e. The van der Waals surface area contributed by atoms with E-state index in [9.17, 15) is 0 Å². The lowest BCUT2D eigenvalue weighted by Gasteiger charge is -2.30. The van der Waals surface area contributed by atoms with Gasteiger partial charge >= 0.3 is 0 Å². The Kier molecular flexibility index (Phi) is 7.13. The Balaban J connectivity index is 1.56. The molecule has 0 amide bonds. The van der Waals surface area contributed by atoms with Gasteiger partial charge in [0, 0.05) is 26.2 Å². The van der Waals surface area contributed by atoms with Crippen molar-refractivity contribution in [3.63, 3.8) is 0 Å². The van der Waals surface area contributed by atoms with Crippen LogP contribution >= 0.6 is 24.4 Å². The number of thiocarbonyl (C=S) groups is 2. The van der Waals surface area contributed by atoms with Gasteiger partial charge < -0.3 is 19.3 Å². The highest BCUT2D eigenvalue weighted by Crippen LogP contribution is 2.10. The van der Waals surface area contributed by atoms with Crippen molar-refractivity contribution < 1.29 is 9.47 Å². The summed E-state index contributed by atoms with van der Waals surface area (Å²) in [6.07, 6.45) is 4.25. The molecule has 0 aromatic heterocycles. The Labute approximate surface area is 132 Å². The van der Waals surface area contributed by atoms with E-state index in [1.807, 2.05) is 0 Å². The average molecular weight is 316 g/mol. The number of unbranched alkanes of at least 4 members (excludes halogenated alkanes) is 1. The average Bonchev–Trinajstić information content (AvgIpc) is 2.53. The molecule has 0 aliphatic carbocycles. The van der Waals surface area contributed by atoms with E-state index < -0.39 is 0 Å². The number of hydrogen-bond donors (Lipinski definition) is 0. The summed E-state index contributed by atoms with van der Waals surface area (Å²) in [7, 11) is 0. The third-order valence-corrected chi connectivity index (χ3v) is 4.68. The van der Waals surface area contributed by atoms with Gasteiger partial charge in [-0.3, -0.25) is 0 Å². The predicted octanol–water partition coefficient (Wildman–Crippen LogP) is 1.87. The minimum Gasteiger partial charge on any atom is -0.378 e. The monoisotopic (exact) mass is 316 g/mol. The van der Waals surface area contributed by atoms with Crippen LogP contribution in [-0.4, -0.2) is 72.4 Å². The molecule has 2 rings (SSSR count). The van der Waals surface area contributed by atoms with Crippen LogP contribution in [0.1, 0.15) is 25.7 Å². The van der Waals surface area contributed by atoms with Crippen LogP contribution in [0.4, 0.5) is 0 Å². The number of nitrogens with zero attached hydrogens (tertiary/aromatic N) is 2. The van der Waals surface area contributed by atoms with Crippen molar-refractivity contribution in [1.29, 1.82) is 0 Å². The summed E-state index contributed by atoms with van der Waals surface area (Å²) in [6.45, 7) is 7.02. The molecule has 0 aromatic carbocycles. The first-order chi connectivity index (χ1) is 9.77. The summed E-state index contributed by atoms with van der Waals surface area (Å²) < 4.78 is 10.7. The highest BCUT2D eigenvalue weighted by Gasteiger charge is 2.15. The van der Waals surface area contributed by atoms with E-state index in [0.717, 1.165) is 88.3 Å². The summed E-state index contributed by atoms with van der Waals surface area (Å²) in [5.41, 5.74) is 0. The molecule has 2 aliphatic rings. The summed E-state index contributed by atoms with van der Waals surface area (Å²) >= 11 is 11.0. The molecule has 0 atom stereocenters. The highest BCUT2D eigenvalue weighted by molar-refractivity contribution is 7.80.